The van der Waals surface area contributed by atoms with Crippen molar-refractivity contribution in [2.24, 2.45) is 7.05 Å². The summed E-state index contributed by atoms with van der Waals surface area (Å²) in [6, 6.07) is 36.0. The maximum Gasteiger partial charge on any atom is 0.166 e. The van der Waals surface area contributed by atoms with Crippen LogP contribution in [0.1, 0.15) is 22.4 Å². The first-order chi connectivity index (χ1) is 20.7. The number of nitriles is 1. The van der Waals surface area contributed by atoms with E-state index in [-0.39, 0.29) is 0 Å². The van der Waals surface area contributed by atoms with Gasteiger partial charge >= 0.3 is 0 Å². The quantitative estimate of drug-likeness (QED) is 0.239. The predicted molar refractivity (Wildman–Crippen MR) is 164 cm³/mol. The second-order valence-electron chi connectivity index (χ2n) is 10.6. The Balaban J connectivity index is 1.64. The molecule has 7 nitrogen and oxygen atoms in total. The number of aromatic nitrogens is 4. The molecule has 0 aliphatic carbocycles. The molecule has 0 bridgehead atoms. The highest BCUT2D eigenvalue weighted by atomic mass is 16.5. The molecule has 7 rings (SSSR count). The SMILES string of the molecule is Cn1cc(-c2cn(C(c3ccccc3)(c3ccccc3)c3ccccc3)c3nncc(N4CCOCC4)c23)cc1C#N. The Morgan fingerprint density at radius 3 is 1.90 bits per heavy atom. The van der Waals surface area contributed by atoms with Crippen molar-refractivity contribution in [3.05, 3.63) is 138 Å². The van der Waals surface area contributed by atoms with E-state index in [1.54, 1.807) is 0 Å². The number of anilines is 1. The van der Waals surface area contributed by atoms with Gasteiger partial charge in [-0.25, -0.2) is 0 Å². The van der Waals surface area contributed by atoms with Gasteiger partial charge in [0.25, 0.3) is 0 Å². The van der Waals surface area contributed by atoms with Crippen LogP contribution in [0.15, 0.2) is 116 Å². The number of benzene rings is 3. The average Bonchev–Trinajstić information content (AvgIpc) is 3.64. The van der Waals surface area contributed by atoms with E-state index in [0.717, 1.165) is 57.6 Å². The summed E-state index contributed by atoms with van der Waals surface area (Å²) < 4.78 is 9.85. The molecule has 42 heavy (non-hydrogen) atoms. The third-order valence-electron chi connectivity index (χ3n) is 8.29. The lowest BCUT2D eigenvalue weighted by Crippen LogP contribution is -2.38. The van der Waals surface area contributed by atoms with Gasteiger partial charge in [-0.3, -0.25) is 0 Å². The minimum Gasteiger partial charge on any atom is -0.378 e. The molecule has 3 aromatic carbocycles. The number of aryl methyl sites for hydroxylation is 1. The van der Waals surface area contributed by atoms with Crippen molar-refractivity contribution in [1.82, 2.24) is 19.3 Å². The molecule has 0 atom stereocenters. The molecule has 3 aromatic heterocycles. The molecule has 0 amide bonds. The van der Waals surface area contributed by atoms with Crippen molar-refractivity contribution in [2.45, 2.75) is 5.54 Å². The van der Waals surface area contributed by atoms with Gasteiger partial charge in [0.05, 0.1) is 30.5 Å². The predicted octanol–water partition coefficient (Wildman–Crippen LogP) is 5.99. The number of ether oxygens (including phenoxy) is 1. The van der Waals surface area contributed by atoms with Crippen molar-refractivity contribution < 1.29 is 4.74 Å². The smallest absolute Gasteiger partial charge is 0.166 e. The topological polar surface area (TPSA) is 71.9 Å². The molecule has 0 spiro atoms. The monoisotopic (exact) mass is 550 g/mol. The van der Waals surface area contributed by atoms with E-state index in [1.165, 1.54) is 0 Å². The summed E-state index contributed by atoms with van der Waals surface area (Å²) in [7, 11) is 1.91. The molecule has 1 aliphatic rings. The lowest BCUT2D eigenvalue weighted by molar-refractivity contribution is 0.123. The number of hydrogen-bond donors (Lipinski definition) is 0. The summed E-state index contributed by atoms with van der Waals surface area (Å²) in [4.78, 5) is 2.33. The largest absolute Gasteiger partial charge is 0.378 e. The lowest BCUT2D eigenvalue weighted by atomic mass is 9.76. The van der Waals surface area contributed by atoms with Crippen LogP contribution < -0.4 is 4.90 Å². The zero-order chi connectivity index (χ0) is 28.5. The van der Waals surface area contributed by atoms with Crippen LogP contribution >= 0.6 is 0 Å². The summed E-state index contributed by atoms with van der Waals surface area (Å²) in [6.07, 6.45) is 6.09. The molecule has 4 heterocycles. The van der Waals surface area contributed by atoms with Crippen molar-refractivity contribution >= 4 is 16.7 Å². The van der Waals surface area contributed by atoms with E-state index >= 15 is 0 Å². The minimum atomic E-state index is -0.759. The molecule has 1 fully saturated rings. The van der Waals surface area contributed by atoms with Gasteiger partial charge in [0.2, 0.25) is 0 Å². The third-order valence-corrected chi connectivity index (χ3v) is 8.29. The van der Waals surface area contributed by atoms with Crippen LogP contribution in [0.3, 0.4) is 0 Å². The lowest BCUT2D eigenvalue weighted by Gasteiger charge is -2.38. The first-order valence-corrected chi connectivity index (χ1v) is 14.1. The maximum atomic E-state index is 9.81. The summed E-state index contributed by atoms with van der Waals surface area (Å²) in [5, 5.41) is 20.3. The van der Waals surface area contributed by atoms with Crippen LogP contribution in [0.25, 0.3) is 22.2 Å². The average molecular weight is 551 g/mol. The summed E-state index contributed by atoms with van der Waals surface area (Å²) >= 11 is 0. The van der Waals surface area contributed by atoms with Crippen molar-refractivity contribution in [2.75, 3.05) is 31.2 Å². The standard InChI is InChI=1S/C35H30N6O/c1-39-24-26(21-30(39)22-36)31-25-41(34-33(31)32(23-37-38-34)40-17-19-42-20-18-40)35(27-11-5-2-6-12-27,28-13-7-3-8-14-28)29-15-9-4-10-16-29/h2-16,21,23-25H,17-20H2,1H3. The van der Waals surface area contributed by atoms with Crippen LogP contribution in [0.4, 0.5) is 5.69 Å². The van der Waals surface area contributed by atoms with Gasteiger partial charge in [-0.15, -0.1) is 5.10 Å². The van der Waals surface area contributed by atoms with Gasteiger partial charge in [-0.2, -0.15) is 10.4 Å². The molecule has 0 N–H and O–H groups in total. The first kappa shape index (κ1) is 25.8. The van der Waals surface area contributed by atoms with Gasteiger partial charge in [0.15, 0.2) is 5.65 Å². The van der Waals surface area contributed by atoms with Crippen molar-refractivity contribution in [1.29, 1.82) is 5.26 Å². The molecule has 206 valence electrons. The molecule has 6 aromatic rings. The fourth-order valence-corrected chi connectivity index (χ4v) is 6.35. The molecule has 1 saturated heterocycles. The maximum absolute atomic E-state index is 9.81. The highest BCUT2D eigenvalue weighted by Gasteiger charge is 2.40. The summed E-state index contributed by atoms with van der Waals surface area (Å²) in [5.74, 6) is 0. The Morgan fingerprint density at radius 1 is 0.810 bits per heavy atom. The zero-order valence-corrected chi connectivity index (χ0v) is 23.4. The van der Waals surface area contributed by atoms with E-state index in [2.05, 4.69) is 99.6 Å². The van der Waals surface area contributed by atoms with Gasteiger partial charge < -0.3 is 18.8 Å². The Bertz CT molecular complexity index is 1780. The van der Waals surface area contributed by atoms with Crippen molar-refractivity contribution in [3.8, 4) is 17.2 Å². The van der Waals surface area contributed by atoms with Crippen LogP contribution in [0.2, 0.25) is 0 Å². The number of rotatable bonds is 6. The van der Waals surface area contributed by atoms with E-state index in [4.69, 9.17) is 9.84 Å². The molecule has 0 radical (unpaired) electrons. The molecular weight excluding hydrogens is 520 g/mol. The molecule has 1 aliphatic heterocycles. The third kappa shape index (κ3) is 4.08. The number of nitrogens with zero attached hydrogens (tertiary/aromatic N) is 6. The Kier molecular flexibility index (Phi) is 6.54. The minimum absolute atomic E-state index is 0.598. The van der Waals surface area contributed by atoms with Gasteiger partial charge in [0, 0.05) is 43.7 Å². The summed E-state index contributed by atoms with van der Waals surface area (Å²) in [5.41, 5.74) is 6.91. The fourth-order valence-electron chi connectivity index (χ4n) is 6.35. The van der Waals surface area contributed by atoms with Crippen molar-refractivity contribution in [3.63, 3.8) is 0 Å². The second-order valence-corrected chi connectivity index (χ2v) is 10.6. The van der Waals surface area contributed by atoms with Crippen LogP contribution in [-0.4, -0.2) is 45.6 Å². The van der Waals surface area contributed by atoms with Gasteiger partial charge in [-0.1, -0.05) is 91.0 Å². The molecule has 0 unspecified atom stereocenters. The van der Waals surface area contributed by atoms with E-state index < -0.39 is 5.54 Å². The van der Waals surface area contributed by atoms with E-state index in [1.807, 2.05) is 48.3 Å². The van der Waals surface area contributed by atoms with Gasteiger partial charge in [-0.05, 0) is 22.8 Å². The first-order valence-electron chi connectivity index (χ1n) is 14.1. The Morgan fingerprint density at radius 2 is 1.38 bits per heavy atom. The molecule has 7 heteroatoms. The summed E-state index contributed by atoms with van der Waals surface area (Å²) in [6.45, 7) is 2.85. The van der Waals surface area contributed by atoms with Crippen LogP contribution in [-0.2, 0) is 17.3 Å². The second kappa shape index (κ2) is 10.7. The zero-order valence-electron chi connectivity index (χ0n) is 23.4. The highest BCUT2D eigenvalue weighted by Crippen LogP contribution is 2.46. The van der Waals surface area contributed by atoms with Crippen LogP contribution in [0, 0.1) is 11.3 Å². The van der Waals surface area contributed by atoms with Gasteiger partial charge in [0.1, 0.15) is 17.3 Å². The fraction of sp³-hybridized carbons (Fsp3) is 0.171. The number of hydrogen-bond acceptors (Lipinski definition) is 5. The van der Waals surface area contributed by atoms with E-state index in [0.29, 0.717) is 18.9 Å². The number of fused-ring (bicyclic) bond motifs is 1. The number of morpholine rings is 1. The normalized spacial score (nSPS) is 13.8. The Labute approximate surface area is 244 Å². The molecular formula is C35H30N6O. The Hall–Kier alpha value is -5.19. The molecule has 0 saturated carbocycles. The highest BCUT2D eigenvalue weighted by molar-refractivity contribution is 6.03. The van der Waals surface area contributed by atoms with Crippen LogP contribution in [0.5, 0.6) is 0 Å². The van der Waals surface area contributed by atoms with E-state index in [9.17, 15) is 5.26 Å².